The lowest BCUT2D eigenvalue weighted by Crippen LogP contribution is -2.37. The minimum Gasteiger partial charge on any atom is -0.299 e. The highest BCUT2D eigenvalue weighted by atomic mass is 79.9. The van der Waals surface area contributed by atoms with Crippen LogP contribution in [0.15, 0.2) is 95.1 Å². The van der Waals surface area contributed by atoms with Crippen LogP contribution in [0.3, 0.4) is 0 Å². The topological polar surface area (TPSA) is 67.3 Å². The van der Waals surface area contributed by atoms with Gasteiger partial charge in [0.2, 0.25) is 0 Å². The number of anilines is 1. The molecule has 1 heterocycles. The highest BCUT2D eigenvalue weighted by Crippen LogP contribution is 2.31. The molecule has 3 rings (SSSR count). The number of rotatable bonds is 10. The summed E-state index contributed by atoms with van der Waals surface area (Å²) < 4.78 is 28.7. The molecule has 166 valence electrons. The number of halogens is 1. The van der Waals surface area contributed by atoms with E-state index >= 15 is 0 Å². The largest absolute Gasteiger partial charge is 0.299 e. The number of aromatic nitrogens is 1. The maximum atomic E-state index is 13.4. The van der Waals surface area contributed by atoms with Gasteiger partial charge in [0.05, 0.1) is 11.7 Å². The summed E-state index contributed by atoms with van der Waals surface area (Å²) in [6.45, 7) is 5.55. The number of hydrogen-bond acceptors (Lipinski definition) is 4. The van der Waals surface area contributed by atoms with Crippen LogP contribution < -0.4 is 4.31 Å². The van der Waals surface area contributed by atoms with Crippen molar-refractivity contribution in [3.8, 4) is 0 Å². The molecule has 0 aliphatic heterocycles. The number of nitrogens with zero attached hydrogens (tertiary/aromatic N) is 2. The lowest BCUT2D eigenvalue weighted by Gasteiger charge is -2.29. The first-order valence-electron chi connectivity index (χ1n) is 10.2. The third-order valence-electron chi connectivity index (χ3n) is 5.09. The number of aryl methyl sites for hydroxylation is 1. The molecule has 0 N–H and O–H groups in total. The van der Waals surface area contributed by atoms with Crippen molar-refractivity contribution in [2.45, 2.75) is 37.1 Å². The first-order chi connectivity index (χ1) is 15.3. The van der Waals surface area contributed by atoms with E-state index < -0.39 is 16.1 Å². The quantitative estimate of drug-likeness (QED) is 0.343. The second-order valence-electron chi connectivity index (χ2n) is 7.45. The van der Waals surface area contributed by atoms with Crippen LogP contribution in [-0.4, -0.2) is 25.2 Å². The van der Waals surface area contributed by atoms with Gasteiger partial charge in [0.1, 0.15) is 10.7 Å². The van der Waals surface area contributed by atoms with Gasteiger partial charge in [-0.15, -0.1) is 6.58 Å². The number of ketones is 1. The zero-order chi connectivity index (χ0) is 23.1. The van der Waals surface area contributed by atoms with Crippen molar-refractivity contribution in [3.63, 3.8) is 0 Å². The summed E-state index contributed by atoms with van der Waals surface area (Å²) in [6.07, 6.45) is 6.45. The lowest BCUT2D eigenvalue weighted by atomic mass is 10.0. The lowest BCUT2D eigenvalue weighted by molar-refractivity contribution is -0.118. The molecule has 3 aromatic rings. The van der Waals surface area contributed by atoms with Crippen LogP contribution in [-0.2, 0) is 27.7 Å². The minimum atomic E-state index is -3.83. The fourth-order valence-electron chi connectivity index (χ4n) is 3.35. The second-order valence-corrected chi connectivity index (χ2v) is 10.1. The third kappa shape index (κ3) is 5.72. The van der Waals surface area contributed by atoms with Crippen LogP contribution in [0.25, 0.3) is 0 Å². The summed E-state index contributed by atoms with van der Waals surface area (Å²) >= 11 is 3.34. The Kier molecular flexibility index (Phi) is 7.99. The Balaban J connectivity index is 1.77. The first-order valence-corrected chi connectivity index (χ1v) is 12.5. The molecule has 1 atom stereocenters. The molecule has 1 unspecified atom stereocenters. The monoisotopic (exact) mass is 512 g/mol. The molecule has 0 saturated carbocycles. The van der Waals surface area contributed by atoms with Gasteiger partial charge in [-0.3, -0.25) is 14.1 Å². The molecule has 0 spiro atoms. The maximum Gasteiger partial charge on any atom is 0.265 e. The third-order valence-corrected chi connectivity index (χ3v) is 8.02. The van der Waals surface area contributed by atoms with E-state index in [1.807, 2.05) is 12.1 Å². The number of pyridine rings is 1. The molecule has 5 nitrogen and oxygen atoms in total. The number of benzene rings is 2. The Morgan fingerprint density at radius 1 is 1.09 bits per heavy atom. The predicted octanol–water partition coefficient (Wildman–Crippen LogP) is 5.36. The summed E-state index contributed by atoms with van der Waals surface area (Å²) in [6, 6.07) is 17.1. The fourth-order valence-corrected chi connectivity index (χ4v) is 5.95. The summed E-state index contributed by atoms with van der Waals surface area (Å²) in [5.74, 6) is 0.124. The van der Waals surface area contributed by atoms with E-state index in [0.29, 0.717) is 29.4 Å². The Bertz CT molecular complexity index is 1180. The second kappa shape index (κ2) is 10.7. The molecule has 7 heteroatoms. The van der Waals surface area contributed by atoms with Crippen LogP contribution in [0.2, 0.25) is 0 Å². The van der Waals surface area contributed by atoms with Crippen LogP contribution in [0, 0.1) is 0 Å². The molecule has 0 aliphatic carbocycles. The first kappa shape index (κ1) is 23.9. The Labute approximate surface area is 198 Å². The summed E-state index contributed by atoms with van der Waals surface area (Å²) in [4.78, 5) is 16.6. The highest BCUT2D eigenvalue weighted by molar-refractivity contribution is 9.10. The molecular formula is C25H25BrN2O3S. The van der Waals surface area contributed by atoms with Crippen molar-refractivity contribution in [2.24, 2.45) is 0 Å². The van der Waals surface area contributed by atoms with E-state index in [1.54, 1.807) is 73.9 Å². The Hall–Kier alpha value is -2.77. The van der Waals surface area contributed by atoms with Crippen LogP contribution in [0.1, 0.15) is 24.5 Å². The average Bonchev–Trinajstić information content (AvgIpc) is 2.79. The van der Waals surface area contributed by atoms with Crippen molar-refractivity contribution in [3.05, 3.63) is 101 Å². The van der Waals surface area contributed by atoms with Crippen LogP contribution >= 0.6 is 15.9 Å². The van der Waals surface area contributed by atoms with Gasteiger partial charge >= 0.3 is 0 Å². The summed E-state index contributed by atoms with van der Waals surface area (Å²) in [5, 5.41) is 0. The molecule has 32 heavy (non-hydrogen) atoms. The smallest absolute Gasteiger partial charge is 0.265 e. The molecule has 0 fully saturated rings. The van der Waals surface area contributed by atoms with Crippen molar-refractivity contribution in [1.82, 2.24) is 4.98 Å². The van der Waals surface area contributed by atoms with E-state index in [1.165, 1.54) is 4.31 Å². The van der Waals surface area contributed by atoms with E-state index in [-0.39, 0.29) is 10.7 Å². The van der Waals surface area contributed by atoms with Gasteiger partial charge < -0.3 is 0 Å². The van der Waals surface area contributed by atoms with Crippen molar-refractivity contribution >= 4 is 37.4 Å². The van der Waals surface area contributed by atoms with E-state index in [0.717, 1.165) is 11.1 Å². The Morgan fingerprint density at radius 3 is 2.44 bits per heavy atom. The zero-order valence-electron chi connectivity index (χ0n) is 17.8. The number of sulfonamides is 1. The fraction of sp³-hybridized carbons (Fsp3) is 0.200. The molecule has 0 amide bonds. The number of hydrogen-bond donors (Lipinski definition) is 0. The van der Waals surface area contributed by atoms with Crippen LogP contribution in [0.4, 0.5) is 5.69 Å². The molecule has 0 aliphatic rings. The normalized spacial score (nSPS) is 12.2. The van der Waals surface area contributed by atoms with Gasteiger partial charge in [-0.25, -0.2) is 8.42 Å². The number of carbonyl (C=O) groups is 1. The predicted molar refractivity (Wildman–Crippen MR) is 131 cm³/mol. The highest BCUT2D eigenvalue weighted by Gasteiger charge is 2.29. The van der Waals surface area contributed by atoms with Crippen molar-refractivity contribution in [2.75, 3.05) is 4.31 Å². The molecular weight excluding hydrogens is 488 g/mol. The number of Topliss-reactive ketones (excluding diaryl/α,β-unsaturated/α-hetero) is 1. The van der Waals surface area contributed by atoms with Gasteiger partial charge in [0.25, 0.3) is 10.0 Å². The van der Waals surface area contributed by atoms with Gasteiger partial charge in [-0.05, 0) is 70.7 Å². The summed E-state index contributed by atoms with van der Waals surface area (Å²) in [5.41, 5.74) is 2.39. The standard InChI is InChI=1S/C25H25BrN2O3S/c1-3-19(2)28(32(30,31)25-9-5-4-8-24(25)26)22-13-10-20(11-14-22)17-23(29)15-12-21-7-6-16-27-18-21/h3-11,13-14,16,18-19H,1,12,15,17H2,2H3. The van der Waals surface area contributed by atoms with Gasteiger partial charge in [-0.2, -0.15) is 0 Å². The molecule has 0 bridgehead atoms. The van der Waals surface area contributed by atoms with E-state index in [4.69, 9.17) is 0 Å². The molecule has 0 saturated heterocycles. The van der Waals surface area contributed by atoms with Crippen molar-refractivity contribution in [1.29, 1.82) is 0 Å². The van der Waals surface area contributed by atoms with E-state index in [9.17, 15) is 13.2 Å². The molecule has 2 aromatic carbocycles. The van der Waals surface area contributed by atoms with E-state index in [2.05, 4.69) is 27.5 Å². The van der Waals surface area contributed by atoms with Gasteiger partial charge in [-0.1, -0.05) is 36.4 Å². The van der Waals surface area contributed by atoms with Gasteiger partial charge in [0, 0.05) is 29.7 Å². The molecule has 1 aromatic heterocycles. The van der Waals surface area contributed by atoms with Gasteiger partial charge in [0.15, 0.2) is 0 Å². The number of carbonyl (C=O) groups excluding carboxylic acids is 1. The zero-order valence-corrected chi connectivity index (χ0v) is 20.2. The maximum absolute atomic E-state index is 13.4. The van der Waals surface area contributed by atoms with Crippen LogP contribution in [0.5, 0.6) is 0 Å². The molecule has 0 radical (unpaired) electrons. The summed E-state index contributed by atoms with van der Waals surface area (Å²) in [7, 11) is -3.83. The minimum absolute atomic E-state index is 0.124. The SMILES string of the molecule is C=CC(C)N(c1ccc(CC(=O)CCc2cccnc2)cc1)S(=O)(=O)c1ccccc1Br. The Morgan fingerprint density at radius 2 is 1.81 bits per heavy atom. The van der Waals surface area contributed by atoms with Crippen molar-refractivity contribution < 1.29 is 13.2 Å². The average molecular weight is 513 g/mol.